The van der Waals surface area contributed by atoms with Crippen LogP contribution in [0.2, 0.25) is 0 Å². The maximum absolute atomic E-state index is 4.58. The Morgan fingerprint density at radius 2 is 2.06 bits per heavy atom. The van der Waals surface area contributed by atoms with Crippen LogP contribution in [-0.2, 0) is 6.54 Å². The van der Waals surface area contributed by atoms with Crippen LogP contribution in [0.1, 0.15) is 17.5 Å². The van der Waals surface area contributed by atoms with Gasteiger partial charge in [0.05, 0.1) is 5.69 Å². The van der Waals surface area contributed by atoms with Crippen molar-refractivity contribution in [3.63, 3.8) is 0 Å². The van der Waals surface area contributed by atoms with Crippen molar-refractivity contribution in [2.45, 2.75) is 20.4 Å². The number of pyridine rings is 1. The van der Waals surface area contributed by atoms with Crippen LogP contribution in [0.15, 0.2) is 24.5 Å². The highest BCUT2D eigenvalue weighted by atomic mass is 32.1. The van der Waals surface area contributed by atoms with Gasteiger partial charge in [-0.1, -0.05) is 6.92 Å². The molecule has 0 saturated heterocycles. The molecule has 0 spiro atoms. The van der Waals surface area contributed by atoms with Crippen LogP contribution in [-0.4, -0.2) is 16.5 Å². The van der Waals surface area contributed by atoms with Gasteiger partial charge in [-0.05, 0) is 25.6 Å². The van der Waals surface area contributed by atoms with Crippen molar-refractivity contribution in [2.75, 3.05) is 6.54 Å². The van der Waals surface area contributed by atoms with E-state index in [9.17, 15) is 0 Å². The molecule has 0 fully saturated rings. The number of thiazole rings is 1. The molecule has 0 saturated carbocycles. The fourth-order valence-corrected chi connectivity index (χ4v) is 2.49. The van der Waals surface area contributed by atoms with Gasteiger partial charge in [-0.3, -0.25) is 4.98 Å². The van der Waals surface area contributed by atoms with Crippen molar-refractivity contribution < 1.29 is 0 Å². The predicted molar refractivity (Wildman–Crippen MR) is 67.5 cm³/mol. The Hall–Kier alpha value is -1.26. The van der Waals surface area contributed by atoms with Crippen LogP contribution < -0.4 is 5.32 Å². The Morgan fingerprint density at radius 1 is 1.31 bits per heavy atom. The van der Waals surface area contributed by atoms with E-state index in [1.165, 1.54) is 4.88 Å². The third-order valence-electron chi connectivity index (χ3n) is 2.36. The van der Waals surface area contributed by atoms with Gasteiger partial charge in [0.2, 0.25) is 0 Å². The lowest BCUT2D eigenvalue weighted by molar-refractivity contribution is 0.731. The molecule has 2 aromatic rings. The summed E-state index contributed by atoms with van der Waals surface area (Å²) >= 11 is 1.75. The smallest absolute Gasteiger partial charge is 0.124 e. The zero-order valence-corrected chi connectivity index (χ0v) is 10.3. The second-order valence-electron chi connectivity index (χ2n) is 3.54. The molecular formula is C12H15N3S. The highest BCUT2D eigenvalue weighted by molar-refractivity contribution is 7.15. The Morgan fingerprint density at radius 3 is 2.75 bits per heavy atom. The molecule has 2 aromatic heterocycles. The molecule has 3 nitrogen and oxygen atoms in total. The zero-order chi connectivity index (χ0) is 11.4. The topological polar surface area (TPSA) is 37.8 Å². The van der Waals surface area contributed by atoms with Crippen LogP contribution >= 0.6 is 11.3 Å². The number of nitrogens with one attached hydrogen (secondary N) is 1. The quantitative estimate of drug-likeness (QED) is 0.882. The lowest BCUT2D eigenvalue weighted by atomic mass is 10.3. The molecule has 2 rings (SSSR count). The van der Waals surface area contributed by atoms with Crippen molar-refractivity contribution in [1.29, 1.82) is 0 Å². The molecule has 16 heavy (non-hydrogen) atoms. The second kappa shape index (κ2) is 5.18. The molecule has 0 amide bonds. The fourth-order valence-electron chi connectivity index (χ4n) is 1.45. The fraction of sp³-hybridized carbons (Fsp3) is 0.333. The van der Waals surface area contributed by atoms with Gasteiger partial charge in [0, 0.05) is 29.4 Å². The SMILES string of the molecule is CCNCc1sc(-c2ccncc2)nc1C. The minimum atomic E-state index is 0.908. The van der Waals surface area contributed by atoms with Crippen molar-refractivity contribution in [1.82, 2.24) is 15.3 Å². The molecule has 0 radical (unpaired) electrons. The van der Waals surface area contributed by atoms with Gasteiger partial charge in [-0.2, -0.15) is 0 Å². The molecule has 0 bridgehead atoms. The molecule has 0 aliphatic heterocycles. The average molecular weight is 233 g/mol. The molecule has 0 unspecified atom stereocenters. The third-order valence-corrected chi connectivity index (χ3v) is 3.56. The number of nitrogens with zero attached hydrogens (tertiary/aromatic N) is 2. The summed E-state index contributed by atoms with van der Waals surface area (Å²) in [6.45, 7) is 6.07. The number of rotatable bonds is 4. The summed E-state index contributed by atoms with van der Waals surface area (Å²) in [6, 6.07) is 3.99. The number of aryl methyl sites for hydroxylation is 1. The van der Waals surface area contributed by atoms with E-state index in [2.05, 4.69) is 29.1 Å². The van der Waals surface area contributed by atoms with Crippen molar-refractivity contribution >= 4 is 11.3 Å². The van der Waals surface area contributed by atoms with E-state index in [4.69, 9.17) is 0 Å². The monoisotopic (exact) mass is 233 g/mol. The summed E-state index contributed by atoms with van der Waals surface area (Å²) in [6.07, 6.45) is 3.60. The van der Waals surface area contributed by atoms with E-state index < -0.39 is 0 Å². The first-order valence-electron chi connectivity index (χ1n) is 5.38. The molecule has 0 aromatic carbocycles. The molecule has 1 N–H and O–H groups in total. The lowest BCUT2D eigenvalue weighted by Crippen LogP contribution is -2.11. The molecule has 84 valence electrons. The van der Waals surface area contributed by atoms with E-state index in [-0.39, 0.29) is 0 Å². The molecule has 0 atom stereocenters. The number of hydrogen-bond donors (Lipinski definition) is 1. The summed E-state index contributed by atoms with van der Waals surface area (Å²) in [5.74, 6) is 0. The molecule has 0 aliphatic carbocycles. The zero-order valence-electron chi connectivity index (χ0n) is 9.53. The van der Waals surface area contributed by atoms with Crippen molar-refractivity contribution in [3.05, 3.63) is 35.1 Å². The van der Waals surface area contributed by atoms with E-state index in [1.54, 1.807) is 23.7 Å². The normalized spacial score (nSPS) is 10.6. The summed E-state index contributed by atoms with van der Waals surface area (Å²) in [5, 5.41) is 4.40. The van der Waals surface area contributed by atoms with E-state index in [0.29, 0.717) is 0 Å². The number of aromatic nitrogens is 2. The molecular weight excluding hydrogens is 218 g/mol. The number of hydrogen-bond acceptors (Lipinski definition) is 4. The van der Waals surface area contributed by atoms with Crippen LogP contribution in [0, 0.1) is 6.92 Å². The summed E-state index contributed by atoms with van der Waals surface area (Å²) in [4.78, 5) is 9.91. The minimum absolute atomic E-state index is 0.908. The average Bonchev–Trinajstić information content (AvgIpc) is 2.69. The van der Waals surface area contributed by atoms with Gasteiger partial charge in [0.15, 0.2) is 0 Å². The van der Waals surface area contributed by atoms with Crippen LogP contribution in [0.25, 0.3) is 10.6 Å². The standard InChI is InChI=1S/C12H15N3S/c1-3-13-8-11-9(2)15-12(16-11)10-4-6-14-7-5-10/h4-7,13H,3,8H2,1-2H3. The van der Waals surface area contributed by atoms with E-state index in [1.807, 2.05) is 12.1 Å². The van der Waals surface area contributed by atoms with Crippen LogP contribution in [0.4, 0.5) is 0 Å². The lowest BCUT2D eigenvalue weighted by Gasteiger charge is -1.97. The minimum Gasteiger partial charge on any atom is -0.312 e. The van der Waals surface area contributed by atoms with E-state index in [0.717, 1.165) is 29.4 Å². The second-order valence-corrected chi connectivity index (χ2v) is 4.63. The van der Waals surface area contributed by atoms with Crippen LogP contribution in [0.3, 0.4) is 0 Å². The first kappa shape index (κ1) is 11.2. The predicted octanol–water partition coefficient (Wildman–Crippen LogP) is 2.62. The van der Waals surface area contributed by atoms with Gasteiger partial charge in [-0.15, -0.1) is 11.3 Å². The van der Waals surface area contributed by atoms with Crippen LogP contribution in [0.5, 0.6) is 0 Å². The Bertz CT molecular complexity index is 451. The first-order chi connectivity index (χ1) is 7.81. The summed E-state index contributed by atoms with van der Waals surface area (Å²) < 4.78 is 0. The highest BCUT2D eigenvalue weighted by Gasteiger charge is 2.08. The van der Waals surface area contributed by atoms with Gasteiger partial charge < -0.3 is 5.32 Å². The first-order valence-corrected chi connectivity index (χ1v) is 6.20. The van der Waals surface area contributed by atoms with Gasteiger partial charge >= 0.3 is 0 Å². The maximum atomic E-state index is 4.58. The molecule has 0 aliphatic rings. The highest BCUT2D eigenvalue weighted by Crippen LogP contribution is 2.27. The molecule has 4 heteroatoms. The largest absolute Gasteiger partial charge is 0.312 e. The third kappa shape index (κ3) is 2.46. The van der Waals surface area contributed by atoms with Gasteiger partial charge in [-0.25, -0.2) is 4.98 Å². The molecule has 2 heterocycles. The van der Waals surface area contributed by atoms with Crippen molar-refractivity contribution in [2.24, 2.45) is 0 Å². The summed E-state index contributed by atoms with van der Waals surface area (Å²) in [5.41, 5.74) is 2.27. The maximum Gasteiger partial charge on any atom is 0.124 e. The Kier molecular flexibility index (Phi) is 3.64. The Balaban J connectivity index is 2.24. The summed E-state index contributed by atoms with van der Waals surface area (Å²) in [7, 11) is 0. The van der Waals surface area contributed by atoms with Gasteiger partial charge in [0.1, 0.15) is 5.01 Å². The van der Waals surface area contributed by atoms with Gasteiger partial charge in [0.25, 0.3) is 0 Å². The van der Waals surface area contributed by atoms with Crippen molar-refractivity contribution in [3.8, 4) is 10.6 Å². The Labute approximate surface area is 99.6 Å². The van der Waals surface area contributed by atoms with E-state index >= 15 is 0 Å².